The van der Waals surface area contributed by atoms with Crippen molar-refractivity contribution in [2.24, 2.45) is 5.73 Å². The highest BCUT2D eigenvalue weighted by Crippen LogP contribution is 2.15. The number of esters is 1. The molecule has 0 bridgehead atoms. The SMILES string of the molecule is CC(=O)c1cccc(OC(=O)[C@@H](N)Cc2ccccc2)c1. The molecule has 0 spiro atoms. The zero-order chi connectivity index (χ0) is 15.2. The maximum Gasteiger partial charge on any atom is 0.328 e. The summed E-state index contributed by atoms with van der Waals surface area (Å²) in [5.74, 6) is -0.266. The molecule has 0 aromatic heterocycles. The topological polar surface area (TPSA) is 69.4 Å². The summed E-state index contributed by atoms with van der Waals surface area (Å²) in [5.41, 5.74) is 7.32. The maximum absolute atomic E-state index is 12.0. The van der Waals surface area contributed by atoms with Gasteiger partial charge in [0, 0.05) is 5.56 Å². The van der Waals surface area contributed by atoms with Crippen LogP contribution in [0.2, 0.25) is 0 Å². The highest BCUT2D eigenvalue weighted by molar-refractivity contribution is 5.94. The summed E-state index contributed by atoms with van der Waals surface area (Å²) < 4.78 is 5.22. The zero-order valence-electron chi connectivity index (χ0n) is 11.8. The molecule has 0 aliphatic carbocycles. The van der Waals surface area contributed by atoms with E-state index in [1.54, 1.807) is 18.2 Å². The first-order valence-corrected chi connectivity index (χ1v) is 6.68. The van der Waals surface area contributed by atoms with Crippen LogP contribution in [0.3, 0.4) is 0 Å². The van der Waals surface area contributed by atoms with Crippen LogP contribution in [0.25, 0.3) is 0 Å². The van der Waals surface area contributed by atoms with E-state index in [0.717, 1.165) is 5.56 Å². The Bertz CT molecular complexity index is 637. The summed E-state index contributed by atoms with van der Waals surface area (Å²) in [4.78, 5) is 23.3. The van der Waals surface area contributed by atoms with Gasteiger partial charge in [0.15, 0.2) is 5.78 Å². The molecule has 2 rings (SSSR count). The van der Waals surface area contributed by atoms with Crippen molar-refractivity contribution in [3.8, 4) is 5.75 Å². The lowest BCUT2D eigenvalue weighted by Gasteiger charge is -2.11. The van der Waals surface area contributed by atoms with E-state index in [-0.39, 0.29) is 5.78 Å². The summed E-state index contributed by atoms with van der Waals surface area (Å²) in [6.07, 6.45) is 0.409. The van der Waals surface area contributed by atoms with Crippen molar-refractivity contribution in [2.75, 3.05) is 0 Å². The molecule has 2 N–H and O–H groups in total. The molecule has 0 saturated carbocycles. The van der Waals surface area contributed by atoms with E-state index in [2.05, 4.69) is 0 Å². The van der Waals surface area contributed by atoms with E-state index in [1.165, 1.54) is 13.0 Å². The molecular formula is C17H17NO3. The van der Waals surface area contributed by atoms with E-state index in [9.17, 15) is 9.59 Å². The number of Topliss-reactive ketones (excluding diaryl/α,β-unsaturated/α-hetero) is 1. The van der Waals surface area contributed by atoms with E-state index in [1.807, 2.05) is 30.3 Å². The Kier molecular flexibility index (Phi) is 4.85. The Labute approximate surface area is 123 Å². The minimum absolute atomic E-state index is 0.0820. The average molecular weight is 283 g/mol. The van der Waals surface area contributed by atoms with Gasteiger partial charge in [-0.1, -0.05) is 42.5 Å². The fraction of sp³-hybridized carbons (Fsp3) is 0.176. The molecule has 0 radical (unpaired) electrons. The number of carbonyl (C=O) groups is 2. The normalized spacial score (nSPS) is 11.7. The van der Waals surface area contributed by atoms with Gasteiger partial charge in [-0.15, -0.1) is 0 Å². The number of hydrogen-bond donors (Lipinski definition) is 1. The highest BCUT2D eigenvalue weighted by atomic mass is 16.5. The van der Waals surface area contributed by atoms with Crippen LogP contribution in [-0.4, -0.2) is 17.8 Å². The second kappa shape index (κ2) is 6.81. The molecule has 2 aromatic carbocycles. The second-order valence-electron chi connectivity index (χ2n) is 4.80. The van der Waals surface area contributed by atoms with E-state index in [0.29, 0.717) is 17.7 Å². The molecule has 108 valence electrons. The van der Waals surface area contributed by atoms with Gasteiger partial charge in [-0.2, -0.15) is 0 Å². The lowest BCUT2D eigenvalue weighted by Crippen LogP contribution is -2.36. The molecule has 0 amide bonds. The number of hydrogen-bond acceptors (Lipinski definition) is 4. The van der Waals surface area contributed by atoms with Crippen molar-refractivity contribution in [3.05, 3.63) is 65.7 Å². The Balaban J connectivity index is 2.00. The van der Waals surface area contributed by atoms with Gasteiger partial charge < -0.3 is 10.5 Å². The molecule has 0 unspecified atom stereocenters. The Morgan fingerprint density at radius 2 is 1.81 bits per heavy atom. The summed E-state index contributed by atoms with van der Waals surface area (Å²) in [5, 5.41) is 0. The van der Waals surface area contributed by atoms with Gasteiger partial charge >= 0.3 is 5.97 Å². The molecule has 0 fully saturated rings. The minimum atomic E-state index is -0.742. The van der Waals surface area contributed by atoms with Gasteiger partial charge in [-0.25, -0.2) is 4.79 Å². The van der Waals surface area contributed by atoms with Crippen molar-refractivity contribution in [2.45, 2.75) is 19.4 Å². The number of nitrogens with two attached hydrogens (primary N) is 1. The second-order valence-corrected chi connectivity index (χ2v) is 4.80. The van der Waals surface area contributed by atoms with Crippen LogP contribution >= 0.6 is 0 Å². The molecule has 1 atom stereocenters. The summed E-state index contributed by atoms with van der Waals surface area (Å²) in [6.45, 7) is 1.46. The van der Waals surface area contributed by atoms with Crippen LogP contribution in [0.5, 0.6) is 5.75 Å². The van der Waals surface area contributed by atoms with Crippen LogP contribution in [0.15, 0.2) is 54.6 Å². The van der Waals surface area contributed by atoms with Crippen LogP contribution < -0.4 is 10.5 Å². The van der Waals surface area contributed by atoms with Crippen molar-refractivity contribution >= 4 is 11.8 Å². The predicted octanol–water partition coefficient (Wildman–Crippen LogP) is 2.36. The Morgan fingerprint density at radius 3 is 2.48 bits per heavy atom. The molecule has 2 aromatic rings. The van der Waals surface area contributed by atoms with E-state index < -0.39 is 12.0 Å². The first kappa shape index (κ1) is 14.9. The molecule has 4 heteroatoms. The Hall–Kier alpha value is -2.46. The monoisotopic (exact) mass is 283 g/mol. The molecule has 0 aliphatic rings. The number of carbonyl (C=O) groups excluding carboxylic acids is 2. The van der Waals surface area contributed by atoms with Gasteiger partial charge in [0.1, 0.15) is 11.8 Å². The van der Waals surface area contributed by atoms with Crippen LogP contribution in [0.1, 0.15) is 22.8 Å². The first-order valence-electron chi connectivity index (χ1n) is 6.68. The molecule has 0 heterocycles. The minimum Gasteiger partial charge on any atom is -0.425 e. The number of benzene rings is 2. The molecular weight excluding hydrogens is 266 g/mol. The van der Waals surface area contributed by atoms with Gasteiger partial charge in [0.25, 0.3) is 0 Å². The third-order valence-electron chi connectivity index (χ3n) is 3.06. The van der Waals surface area contributed by atoms with Crippen molar-refractivity contribution in [1.29, 1.82) is 0 Å². The number of rotatable bonds is 5. The fourth-order valence-electron chi connectivity index (χ4n) is 1.92. The third kappa shape index (κ3) is 4.26. The molecule has 0 aliphatic heterocycles. The first-order chi connectivity index (χ1) is 10.1. The standard InChI is InChI=1S/C17H17NO3/c1-12(19)14-8-5-9-15(11-14)21-17(20)16(18)10-13-6-3-2-4-7-13/h2-9,11,16H,10,18H2,1H3/t16-/m0/s1. The van der Waals surface area contributed by atoms with Crippen LogP contribution in [0.4, 0.5) is 0 Å². The highest BCUT2D eigenvalue weighted by Gasteiger charge is 2.16. The van der Waals surface area contributed by atoms with E-state index >= 15 is 0 Å². The predicted molar refractivity (Wildman–Crippen MR) is 80.2 cm³/mol. The van der Waals surface area contributed by atoms with Crippen molar-refractivity contribution in [1.82, 2.24) is 0 Å². The fourth-order valence-corrected chi connectivity index (χ4v) is 1.92. The van der Waals surface area contributed by atoms with E-state index in [4.69, 9.17) is 10.5 Å². The maximum atomic E-state index is 12.0. The zero-order valence-corrected chi connectivity index (χ0v) is 11.8. The smallest absolute Gasteiger partial charge is 0.328 e. The van der Waals surface area contributed by atoms with Gasteiger partial charge in [-0.3, -0.25) is 4.79 Å². The average Bonchev–Trinajstić information content (AvgIpc) is 2.48. The molecule has 21 heavy (non-hydrogen) atoms. The van der Waals surface area contributed by atoms with Crippen molar-refractivity contribution in [3.63, 3.8) is 0 Å². The Morgan fingerprint density at radius 1 is 1.10 bits per heavy atom. The lowest BCUT2D eigenvalue weighted by molar-refractivity contribution is -0.135. The molecule has 0 saturated heterocycles. The lowest BCUT2D eigenvalue weighted by atomic mass is 10.1. The third-order valence-corrected chi connectivity index (χ3v) is 3.06. The summed E-state index contributed by atoms with van der Waals surface area (Å²) in [7, 11) is 0. The van der Waals surface area contributed by atoms with Gasteiger partial charge in [0.05, 0.1) is 0 Å². The van der Waals surface area contributed by atoms with Crippen molar-refractivity contribution < 1.29 is 14.3 Å². The summed E-state index contributed by atoms with van der Waals surface area (Å²) >= 11 is 0. The van der Waals surface area contributed by atoms with Gasteiger partial charge in [0.2, 0.25) is 0 Å². The number of ketones is 1. The quantitative estimate of drug-likeness (QED) is 0.519. The largest absolute Gasteiger partial charge is 0.425 e. The van der Waals surface area contributed by atoms with Crippen LogP contribution in [-0.2, 0) is 11.2 Å². The van der Waals surface area contributed by atoms with Crippen LogP contribution in [0, 0.1) is 0 Å². The van der Waals surface area contributed by atoms with Gasteiger partial charge in [-0.05, 0) is 31.0 Å². The summed E-state index contributed by atoms with van der Waals surface area (Å²) in [6, 6.07) is 15.3. The molecule has 4 nitrogen and oxygen atoms in total. The number of ether oxygens (including phenoxy) is 1.